The fourth-order valence-electron chi connectivity index (χ4n) is 2.74. The number of aryl methyl sites for hydroxylation is 1. The molecule has 1 aromatic heterocycles. The third kappa shape index (κ3) is 1.48. The Kier molecular flexibility index (Phi) is 2.30. The van der Waals surface area contributed by atoms with Crippen LogP contribution >= 0.6 is 11.3 Å². The van der Waals surface area contributed by atoms with Crippen molar-refractivity contribution in [3.8, 4) is 0 Å². The summed E-state index contributed by atoms with van der Waals surface area (Å²) in [6.45, 7) is 3.58. The minimum atomic E-state index is -0.173. The molecule has 2 aliphatic rings. The third-order valence-electron chi connectivity index (χ3n) is 3.77. The van der Waals surface area contributed by atoms with Crippen LogP contribution in [0.1, 0.15) is 21.0 Å². The van der Waals surface area contributed by atoms with Crippen LogP contribution in [-0.2, 0) is 0 Å². The van der Waals surface area contributed by atoms with Gasteiger partial charge < -0.3 is 10.0 Å². The molecule has 0 bridgehead atoms. The lowest BCUT2D eigenvalue weighted by molar-refractivity contribution is -0.00426. The van der Waals surface area contributed by atoms with E-state index in [0.717, 1.165) is 24.4 Å². The minimum absolute atomic E-state index is 0.139. The second-order valence-corrected chi connectivity index (χ2v) is 6.14. The summed E-state index contributed by atoms with van der Waals surface area (Å²) >= 11 is 1.55. The van der Waals surface area contributed by atoms with E-state index >= 15 is 0 Å². The number of amides is 1. The number of hydrogen-bond donors (Lipinski definition) is 1. The zero-order valence-corrected chi connectivity index (χ0v) is 10.0. The molecule has 3 rings (SSSR count). The number of hydrogen-bond acceptors (Lipinski definition) is 3. The Labute approximate surface area is 98.7 Å². The normalized spacial score (nSPS) is 32.4. The summed E-state index contributed by atoms with van der Waals surface area (Å²) in [5.41, 5.74) is 0. The molecule has 0 unspecified atom stereocenters. The van der Waals surface area contributed by atoms with Crippen molar-refractivity contribution in [2.45, 2.75) is 19.4 Å². The van der Waals surface area contributed by atoms with Crippen molar-refractivity contribution in [2.75, 3.05) is 13.1 Å². The number of fused-ring (bicyclic) bond motifs is 1. The van der Waals surface area contributed by atoms with Gasteiger partial charge >= 0.3 is 0 Å². The molecular weight excluding hydrogens is 222 g/mol. The molecular formula is C12H15NO2S. The first-order valence-corrected chi connectivity index (χ1v) is 6.50. The standard InChI is InChI=1S/C12H15NO2S/c1-7-2-3-11(16-7)12(15)13-5-8-4-10(14)9(8)6-13/h2-3,8-10,14H,4-6H2,1H3/t8-,9+,10-/m0/s1. The van der Waals surface area contributed by atoms with Gasteiger partial charge in [0, 0.05) is 23.9 Å². The van der Waals surface area contributed by atoms with Crippen molar-refractivity contribution in [1.29, 1.82) is 0 Å². The molecule has 1 aliphatic heterocycles. The summed E-state index contributed by atoms with van der Waals surface area (Å²) < 4.78 is 0. The topological polar surface area (TPSA) is 40.5 Å². The lowest BCUT2D eigenvalue weighted by atomic mass is 9.74. The summed E-state index contributed by atoms with van der Waals surface area (Å²) in [5, 5.41) is 9.56. The van der Waals surface area contributed by atoms with E-state index in [4.69, 9.17) is 0 Å². The SMILES string of the molecule is Cc1ccc(C(=O)N2C[C@@H]3C[C@H](O)[C@@H]3C2)s1. The summed E-state index contributed by atoms with van der Waals surface area (Å²) in [5.74, 6) is 1.02. The molecule has 1 N–H and O–H groups in total. The highest BCUT2D eigenvalue weighted by atomic mass is 32.1. The maximum absolute atomic E-state index is 12.1. The van der Waals surface area contributed by atoms with Gasteiger partial charge in [0.15, 0.2) is 0 Å². The molecule has 0 aromatic carbocycles. The van der Waals surface area contributed by atoms with Crippen LogP contribution in [0.25, 0.3) is 0 Å². The van der Waals surface area contributed by atoms with Crippen LogP contribution < -0.4 is 0 Å². The van der Waals surface area contributed by atoms with E-state index in [2.05, 4.69) is 0 Å². The summed E-state index contributed by atoms with van der Waals surface area (Å²) in [6, 6.07) is 3.89. The number of carbonyl (C=O) groups is 1. The Morgan fingerprint density at radius 2 is 2.31 bits per heavy atom. The summed E-state index contributed by atoms with van der Waals surface area (Å²) in [4.78, 5) is 16.0. The molecule has 1 aromatic rings. The Hall–Kier alpha value is -0.870. The van der Waals surface area contributed by atoms with E-state index in [-0.39, 0.29) is 12.0 Å². The molecule has 1 saturated carbocycles. The molecule has 1 aliphatic carbocycles. The first-order chi connectivity index (χ1) is 7.65. The van der Waals surface area contributed by atoms with E-state index < -0.39 is 0 Å². The maximum Gasteiger partial charge on any atom is 0.263 e. The van der Waals surface area contributed by atoms with Crippen LogP contribution in [0, 0.1) is 18.8 Å². The second kappa shape index (κ2) is 3.57. The number of aliphatic hydroxyl groups is 1. The van der Waals surface area contributed by atoms with Crippen molar-refractivity contribution >= 4 is 17.2 Å². The van der Waals surface area contributed by atoms with Crippen molar-refractivity contribution in [1.82, 2.24) is 4.90 Å². The van der Waals surface area contributed by atoms with Gasteiger partial charge in [-0.1, -0.05) is 0 Å². The molecule has 2 fully saturated rings. The van der Waals surface area contributed by atoms with Crippen LogP contribution in [0.15, 0.2) is 12.1 Å². The smallest absolute Gasteiger partial charge is 0.263 e. The van der Waals surface area contributed by atoms with Gasteiger partial charge in [-0.3, -0.25) is 4.79 Å². The van der Waals surface area contributed by atoms with E-state index in [9.17, 15) is 9.90 Å². The van der Waals surface area contributed by atoms with Gasteiger partial charge in [-0.05, 0) is 31.4 Å². The molecule has 3 nitrogen and oxygen atoms in total. The number of carbonyl (C=O) groups excluding carboxylic acids is 1. The van der Waals surface area contributed by atoms with Gasteiger partial charge in [0.25, 0.3) is 5.91 Å². The molecule has 3 atom stereocenters. The molecule has 1 saturated heterocycles. The van der Waals surface area contributed by atoms with Crippen molar-refractivity contribution in [2.24, 2.45) is 11.8 Å². The number of rotatable bonds is 1. The second-order valence-electron chi connectivity index (χ2n) is 4.85. The van der Waals surface area contributed by atoms with Gasteiger partial charge in [0.2, 0.25) is 0 Å². The average Bonchev–Trinajstić information content (AvgIpc) is 2.81. The fourth-order valence-corrected chi connectivity index (χ4v) is 3.58. The average molecular weight is 237 g/mol. The lowest BCUT2D eigenvalue weighted by Gasteiger charge is -2.34. The molecule has 0 spiro atoms. The molecule has 16 heavy (non-hydrogen) atoms. The van der Waals surface area contributed by atoms with Crippen molar-refractivity contribution in [3.05, 3.63) is 21.9 Å². The highest BCUT2D eigenvalue weighted by molar-refractivity contribution is 7.13. The predicted molar refractivity (Wildman–Crippen MR) is 62.6 cm³/mol. The highest BCUT2D eigenvalue weighted by Crippen LogP contribution is 2.41. The number of nitrogens with zero attached hydrogens (tertiary/aromatic N) is 1. The van der Waals surface area contributed by atoms with Crippen molar-refractivity contribution < 1.29 is 9.90 Å². The Balaban J connectivity index is 1.73. The van der Waals surface area contributed by atoms with Crippen molar-refractivity contribution in [3.63, 3.8) is 0 Å². The maximum atomic E-state index is 12.1. The Bertz CT molecular complexity index is 428. The Morgan fingerprint density at radius 3 is 2.88 bits per heavy atom. The predicted octanol–water partition coefficient (Wildman–Crippen LogP) is 1.51. The van der Waals surface area contributed by atoms with Gasteiger partial charge in [0.05, 0.1) is 11.0 Å². The van der Waals surface area contributed by atoms with E-state index in [0.29, 0.717) is 11.8 Å². The van der Waals surface area contributed by atoms with E-state index in [1.54, 1.807) is 11.3 Å². The van der Waals surface area contributed by atoms with Crippen LogP contribution in [0.5, 0.6) is 0 Å². The highest BCUT2D eigenvalue weighted by Gasteiger charge is 2.47. The minimum Gasteiger partial charge on any atom is -0.393 e. The Morgan fingerprint density at radius 1 is 1.50 bits per heavy atom. The molecule has 86 valence electrons. The van der Waals surface area contributed by atoms with Crippen LogP contribution in [0.4, 0.5) is 0 Å². The fraction of sp³-hybridized carbons (Fsp3) is 0.583. The largest absolute Gasteiger partial charge is 0.393 e. The number of aliphatic hydroxyl groups excluding tert-OH is 1. The van der Waals surface area contributed by atoms with Gasteiger partial charge in [-0.2, -0.15) is 0 Å². The zero-order valence-electron chi connectivity index (χ0n) is 9.22. The molecule has 4 heteroatoms. The summed E-state index contributed by atoms with van der Waals surface area (Å²) in [6.07, 6.45) is 0.700. The molecule has 1 amide bonds. The third-order valence-corrected chi connectivity index (χ3v) is 4.76. The van der Waals surface area contributed by atoms with Gasteiger partial charge in [0.1, 0.15) is 0 Å². The first-order valence-electron chi connectivity index (χ1n) is 5.69. The van der Waals surface area contributed by atoms with E-state index in [1.165, 1.54) is 4.88 Å². The van der Waals surface area contributed by atoms with Crippen LogP contribution in [0.2, 0.25) is 0 Å². The van der Waals surface area contributed by atoms with Gasteiger partial charge in [-0.15, -0.1) is 11.3 Å². The monoisotopic (exact) mass is 237 g/mol. The first kappa shape index (κ1) is 10.3. The molecule has 0 radical (unpaired) electrons. The quantitative estimate of drug-likeness (QED) is 0.804. The zero-order chi connectivity index (χ0) is 11.3. The van der Waals surface area contributed by atoms with Crippen LogP contribution in [0.3, 0.4) is 0 Å². The molecule has 2 heterocycles. The van der Waals surface area contributed by atoms with E-state index in [1.807, 2.05) is 24.0 Å². The number of likely N-dealkylation sites (tertiary alicyclic amines) is 1. The summed E-state index contributed by atoms with van der Waals surface area (Å²) in [7, 11) is 0. The lowest BCUT2D eigenvalue weighted by Crippen LogP contribution is -2.39. The van der Waals surface area contributed by atoms with Crippen LogP contribution in [-0.4, -0.2) is 35.1 Å². The van der Waals surface area contributed by atoms with Gasteiger partial charge in [-0.25, -0.2) is 0 Å². The number of thiophene rings is 1.